The van der Waals surface area contributed by atoms with E-state index in [1.54, 1.807) is 13.0 Å². The number of ether oxygens (including phenoxy) is 1. The van der Waals surface area contributed by atoms with E-state index < -0.39 is 23.1 Å². The van der Waals surface area contributed by atoms with Crippen molar-refractivity contribution >= 4 is 12.0 Å². The lowest BCUT2D eigenvalue weighted by Crippen LogP contribution is -2.43. The van der Waals surface area contributed by atoms with Gasteiger partial charge in [-0.2, -0.15) is 18.2 Å². The zero-order chi connectivity index (χ0) is 21.1. The first-order valence-corrected chi connectivity index (χ1v) is 9.41. The Morgan fingerprint density at radius 1 is 1.34 bits per heavy atom. The van der Waals surface area contributed by atoms with Crippen LogP contribution in [0.15, 0.2) is 34.9 Å². The average molecular weight is 412 g/mol. The number of carbonyl (C=O) groups is 1. The zero-order valence-corrected chi connectivity index (χ0v) is 16.0. The molecule has 0 saturated carbocycles. The van der Waals surface area contributed by atoms with E-state index in [4.69, 9.17) is 9.15 Å². The van der Waals surface area contributed by atoms with Crippen LogP contribution in [0.5, 0.6) is 0 Å². The highest BCUT2D eigenvalue weighted by molar-refractivity contribution is 5.87. The maximum atomic E-state index is 13.0. The maximum Gasteiger partial charge on any atom is 0.416 e. The minimum atomic E-state index is -4.40. The topological polar surface area (TPSA) is 75.8 Å². The third-order valence-electron chi connectivity index (χ3n) is 5.24. The number of nitrogens with zero attached hydrogens (tertiary/aromatic N) is 2. The van der Waals surface area contributed by atoms with Crippen LogP contribution in [0.25, 0.3) is 0 Å². The number of carbonyl (C=O) groups excluding carboxylic acids is 1. The van der Waals surface area contributed by atoms with Gasteiger partial charge in [-0.1, -0.05) is 18.2 Å². The van der Waals surface area contributed by atoms with E-state index in [-0.39, 0.29) is 18.9 Å². The standard InChI is InChI=1S/C20H23F3N2O4/c1-2-28-17(27)16-12-29-18(24-16)25-8-6-19(13-26,7-9-25)11-14-4-3-5-15(10-14)20(21,22)23/h3-5,10,12,26H,2,6-9,11,13H2,1H3. The first kappa shape index (κ1) is 21.2. The van der Waals surface area contributed by atoms with Crippen LogP contribution in [0.2, 0.25) is 0 Å². The first-order chi connectivity index (χ1) is 13.8. The second kappa shape index (κ2) is 8.44. The van der Waals surface area contributed by atoms with Gasteiger partial charge in [-0.15, -0.1) is 0 Å². The Bertz CT molecular complexity index is 842. The number of anilines is 1. The molecule has 29 heavy (non-hydrogen) atoms. The summed E-state index contributed by atoms with van der Waals surface area (Å²) in [6.07, 6.45) is -1.70. The SMILES string of the molecule is CCOC(=O)c1coc(N2CCC(CO)(Cc3cccc(C(F)(F)F)c3)CC2)n1. The van der Waals surface area contributed by atoms with Crippen LogP contribution in [0.4, 0.5) is 19.2 Å². The van der Waals surface area contributed by atoms with Crippen molar-refractivity contribution in [2.45, 2.75) is 32.4 Å². The molecular formula is C20H23F3N2O4. The zero-order valence-electron chi connectivity index (χ0n) is 16.0. The van der Waals surface area contributed by atoms with Crippen LogP contribution in [0.3, 0.4) is 0 Å². The van der Waals surface area contributed by atoms with Gasteiger partial charge < -0.3 is 19.2 Å². The predicted molar refractivity (Wildman–Crippen MR) is 98.6 cm³/mol. The average Bonchev–Trinajstić information content (AvgIpc) is 3.19. The molecule has 9 heteroatoms. The van der Waals surface area contributed by atoms with Crippen LogP contribution in [0, 0.1) is 5.41 Å². The molecule has 1 saturated heterocycles. The Hall–Kier alpha value is -2.55. The van der Waals surface area contributed by atoms with Gasteiger partial charge in [0.25, 0.3) is 6.01 Å². The van der Waals surface area contributed by atoms with Crippen LogP contribution < -0.4 is 4.90 Å². The van der Waals surface area contributed by atoms with Crippen molar-refractivity contribution in [3.05, 3.63) is 47.3 Å². The quantitative estimate of drug-likeness (QED) is 0.730. The molecule has 0 bridgehead atoms. The summed E-state index contributed by atoms with van der Waals surface area (Å²) in [5, 5.41) is 9.98. The normalized spacial score (nSPS) is 16.7. The molecule has 2 heterocycles. The molecule has 158 valence electrons. The summed E-state index contributed by atoms with van der Waals surface area (Å²) in [5.41, 5.74) is -0.572. The van der Waals surface area contributed by atoms with Gasteiger partial charge in [0.2, 0.25) is 0 Å². The number of alkyl halides is 3. The second-order valence-corrected chi connectivity index (χ2v) is 7.26. The molecule has 1 fully saturated rings. The lowest BCUT2D eigenvalue weighted by atomic mass is 9.74. The van der Waals surface area contributed by atoms with Crippen LogP contribution >= 0.6 is 0 Å². The summed E-state index contributed by atoms with van der Waals surface area (Å²) in [4.78, 5) is 17.7. The third kappa shape index (κ3) is 4.90. The van der Waals surface area contributed by atoms with Crippen molar-refractivity contribution in [3.63, 3.8) is 0 Å². The van der Waals surface area contributed by atoms with Crippen molar-refractivity contribution < 1.29 is 32.2 Å². The highest BCUT2D eigenvalue weighted by atomic mass is 19.4. The molecule has 0 spiro atoms. The van der Waals surface area contributed by atoms with Gasteiger partial charge >= 0.3 is 12.1 Å². The second-order valence-electron chi connectivity index (χ2n) is 7.26. The molecule has 1 aliphatic rings. The van der Waals surface area contributed by atoms with E-state index in [9.17, 15) is 23.1 Å². The molecule has 1 aromatic carbocycles. The molecule has 0 amide bonds. The monoisotopic (exact) mass is 412 g/mol. The van der Waals surface area contributed by atoms with Crippen LogP contribution in [-0.2, 0) is 17.3 Å². The summed E-state index contributed by atoms with van der Waals surface area (Å²) < 4.78 is 49.1. The van der Waals surface area contributed by atoms with Gasteiger partial charge in [0, 0.05) is 25.1 Å². The minimum Gasteiger partial charge on any atom is -0.461 e. The Labute approximate surface area is 166 Å². The number of benzene rings is 1. The fourth-order valence-electron chi connectivity index (χ4n) is 3.56. The van der Waals surface area contributed by atoms with E-state index >= 15 is 0 Å². The van der Waals surface area contributed by atoms with Gasteiger partial charge in [-0.05, 0) is 37.8 Å². The molecule has 0 radical (unpaired) electrons. The molecule has 1 N–H and O–H groups in total. The fraction of sp³-hybridized carbons (Fsp3) is 0.500. The van der Waals surface area contributed by atoms with Gasteiger partial charge in [0.05, 0.1) is 12.2 Å². The molecular weight excluding hydrogens is 389 g/mol. The molecule has 3 rings (SSSR count). The molecule has 2 aromatic rings. The summed E-state index contributed by atoms with van der Waals surface area (Å²) in [6, 6.07) is 5.52. The number of aromatic nitrogens is 1. The Morgan fingerprint density at radius 2 is 2.07 bits per heavy atom. The third-order valence-corrected chi connectivity index (χ3v) is 5.24. The van der Waals surface area contributed by atoms with Crippen molar-refractivity contribution in [2.24, 2.45) is 5.41 Å². The molecule has 0 unspecified atom stereocenters. The Morgan fingerprint density at radius 3 is 2.69 bits per heavy atom. The van der Waals surface area contributed by atoms with Gasteiger partial charge in [-0.3, -0.25) is 0 Å². The van der Waals surface area contributed by atoms with Crippen LogP contribution in [0.1, 0.15) is 41.4 Å². The summed E-state index contributed by atoms with van der Waals surface area (Å²) in [6.45, 7) is 2.81. The number of piperidine rings is 1. The fourth-order valence-corrected chi connectivity index (χ4v) is 3.56. The smallest absolute Gasteiger partial charge is 0.416 e. The maximum absolute atomic E-state index is 13.0. The van der Waals surface area contributed by atoms with Crippen molar-refractivity contribution in [1.82, 2.24) is 4.98 Å². The molecule has 0 atom stereocenters. The lowest BCUT2D eigenvalue weighted by molar-refractivity contribution is -0.137. The molecule has 6 nitrogen and oxygen atoms in total. The largest absolute Gasteiger partial charge is 0.461 e. The summed E-state index contributed by atoms with van der Waals surface area (Å²) >= 11 is 0. The highest BCUT2D eigenvalue weighted by Gasteiger charge is 2.37. The number of hydrogen-bond acceptors (Lipinski definition) is 6. The summed E-state index contributed by atoms with van der Waals surface area (Å²) in [7, 11) is 0. The highest BCUT2D eigenvalue weighted by Crippen LogP contribution is 2.37. The Balaban J connectivity index is 1.67. The first-order valence-electron chi connectivity index (χ1n) is 9.41. The van der Waals surface area contributed by atoms with Crippen LogP contribution in [-0.4, -0.2) is 42.4 Å². The van der Waals surface area contributed by atoms with Gasteiger partial charge in [0.15, 0.2) is 5.69 Å². The Kier molecular flexibility index (Phi) is 6.16. The number of aliphatic hydroxyl groups is 1. The van der Waals surface area contributed by atoms with E-state index in [0.29, 0.717) is 43.9 Å². The minimum absolute atomic E-state index is 0.0878. The van der Waals surface area contributed by atoms with E-state index in [1.165, 1.54) is 12.3 Å². The number of halogens is 3. The van der Waals surface area contributed by atoms with Gasteiger partial charge in [-0.25, -0.2) is 4.79 Å². The number of rotatable bonds is 6. The summed E-state index contributed by atoms with van der Waals surface area (Å²) in [5.74, 6) is -0.561. The molecule has 1 aliphatic heterocycles. The molecule has 0 aliphatic carbocycles. The number of aliphatic hydroxyl groups excluding tert-OH is 1. The van der Waals surface area contributed by atoms with Crippen molar-refractivity contribution in [3.8, 4) is 0 Å². The number of oxazole rings is 1. The van der Waals surface area contributed by atoms with Crippen molar-refractivity contribution in [2.75, 3.05) is 31.2 Å². The molecule has 1 aromatic heterocycles. The van der Waals surface area contributed by atoms with Crippen molar-refractivity contribution in [1.29, 1.82) is 0 Å². The number of esters is 1. The lowest BCUT2D eigenvalue weighted by Gasteiger charge is -2.40. The van der Waals surface area contributed by atoms with E-state index in [0.717, 1.165) is 12.1 Å². The van der Waals surface area contributed by atoms with E-state index in [1.807, 2.05) is 4.90 Å². The van der Waals surface area contributed by atoms with Gasteiger partial charge in [0.1, 0.15) is 6.26 Å². The predicted octanol–water partition coefficient (Wildman–Crippen LogP) is 3.69. The number of hydrogen-bond donors (Lipinski definition) is 1. The van der Waals surface area contributed by atoms with E-state index in [2.05, 4.69) is 4.98 Å².